The molecule has 2 aromatic carbocycles. The van der Waals surface area contributed by atoms with E-state index >= 15 is 0 Å². The van der Waals surface area contributed by atoms with Gasteiger partial charge in [-0.2, -0.15) is 0 Å². The molecular formula is C48H53N4O7+. The zero-order valence-corrected chi connectivity index (χ0v) is 33.4. The number of carbonyl (C=O) groups excluding carboxylic acids is 1. The fourth-order valence-corrected chi connectivity index (χ4v) is 11.3. The van der Waals surface area contributed by atoms with E-state index in [1.54, 1.807) is 6.07 Å². The smallest absolute Gasteiger partial charge is 0.252 e. The lowest BCUT2D eigenvalue weighted by Crippen LogP contribution is -3.13. The number of phenols is 1. The van der Waals surface area contributed by atoms with E-state index in [2.05, 4.69) is 41.5 Å². The van der Waals surface area contributed by atoms with Gasteiger partial charge in [-0.1, -0.05) is 61.8 Å². The van der Waals surface area contributed by atoms with E-state index in [0.29, 0.717) is 30.2 Å². The molecule has 11 heteroatoms. The summed E-state index contributed by atoms with van der Waals surface area (Å²) in [7, 11) is 0. The van der Waals surface area contributed by atoms with Gasteiger partial charge in [-0.3, -0.25) is 20.0 Å². The fourth-order valence-electron chi connectivity index (χ4n) is 11.3. The predicted octanol–water partition coefficient (Wildman–Crippen LogP) is 3.85. The molecule has 1 saturated carbocycles. The molecule has 306 valence electrons. The summed E-state index contributed by atoms with van der Waals surface area (Å²) >= 11 is 0. The predicted molar refractivity (Wildman–Crippen MR) is 220 cm³/mol. The number of quaternary nitrogens is 1. The quantitative estimate of drug-likeness (QED) is 0.170. The molecular weight excluding hydrogens is 745 g/mol. The molecule has 5 heterocycles. The van der Waals surface area contributed by atoms with Gasteiger partial charge in [0.2, 0.25) is 0 Å². The van der Waals surface area contributed by atoms with E-state index in [1.165, 1.54) is 11.6 Å². The molecule has 1 unspecified atom stereocenters. The van der Waals surface area contributed by atoms with Crippen LogP contribution in [-0.2, 0) is 11.2 Å². The Bertz CT molecular complexity index is 2340. The van der Waals surface area contributed by atoms with Gasteiger partial charge < -0.3 is 35.6 Å². The molecule has 11 nitrogen and oxygen atoms in total. The average Bonchev–Trinajstić information content (AvgIpc) is 3.96. The van der Waals surface area contributed by atoms with Crippen molar-refractivity contribution in [2.75, 3.05) is 13.1 Å². The van der Waals surface area contributed by atoms with Crippen LogP contribution < -0.4 is 25.4 Å². The van der Waals surface area contributed by atoms with Crippen molar-refractivity contribution in [1.82, 2.24) is 5.32 Å². The number of ketones is 1. The maximum absolute atomic E-state index is 13.2. The summed E-state index contributed by atoms with van der Waals surface area (Å²) in [6.07, 6.45) is 13.6. The standard InChI is InChI=1S/C48H52N4O7/c1-26-4-8-31(40(56)18-26)41(57)20-29(53)7-5-27-19-43-42(21-39(27)55)58-17-16-48(14-2-3-15-48)36-12-13-38(54)32-10-11-33-44-28(22-51-46(33)49)6-9-30(45(32)44)34-23-50-37-25-52(24-35(34)37)47(36)59-43/h4,8,10-11,19,21,23-24,26,28,30-31,36,38,40-41,46-47,51,54-57H,2-3,5-7,9,14-15,18,20,22,25,49H2,1H3/p+1/t26-,28+,30+,31-,36+,38+,40-,41+,46+,47+/m1/s1. The number of carbonyl (C=O) groups is 1. The highest BCUT2D eigenvalue weighted by Gasteiger charge is 2.52. The van der Waals surface area contributed by atoms with Crippen molar-refractivity contribution < 1.29 is 39.6 Å². The lowest BCUT2D eigenvalue weighted by Gasteiger charge is -2.41. The summed E-state index contributed by atoms with van der Waals surface area (Å²) in [5.74, 6) is 10.5. The number of aliphatic hydroxyl groups is 3. The van der Waals surface area contributed by atoms with E-state index in [9.17, 15) is 25.2 Å². The van der Waals surface area contributed by atoms with Gasteiger partial charge in [0.25, 0.3) is 6.23 Å². The van der Waals surface area contributed by atoms with E-state index in [-0.39, 0.29) is 54.5 Å². The molecule has 0 saturated heterocycles. The number of aromatic hydroxyl groups is 1. The Hall–Kier alpha value is -4.72. The van der Waals surface area contributed by atoms with Crippen molar-refractivity contribution in [2.45, 2.75) is 114 Å². The van der Waals surface area contributed by atoms with Gasteiger partial charge in [-0.25, -0.2) is 0 Å². The molecule has 0 amide bonds. The largest absolute Gasteiger partial charge is 0.508 e. The number of phenolic OH excluding ortho intramolecular Hbond substituents is 1. The first-order valence-corrected chi connectivity index (χ1v) is 21.5. The van der Waals surface area contributed by atoms with Crippen LogP contribution in [0, 0.1) is 47.0 Å². The Morgan fingerprint density at radius 1 is 1.10 bits per heavy atom. The van der Waals surface area contributed by atoms with Crippen molar-refractivity contribution in [1.29, 1.82) is 0 Å². The number of fused-ring (bicyclic) bond motifs is 6. The number of nitrogens with zero attached hydrogens (tertiary/aromatic N) is 1. The first-order valence-electron chi connectivity index (χ1n) is 21.5. The Kier molecular flexibility index (Phi) is 9.83. The van der Waals surface area contributed by atoms with Gasteiger partial charge in [0, 0.05) is 43.5 Å². The van der Waals surface area contributed by atoms with Crippen LogP contribution in [-0.4, -0.2) is 63.4 Å². The number of hydrogen-bond acceptors (Lipinski definition) is 10. The lowest BCUT2D eigenvalue weighted by atomic mass is 9.67. The van der Waals surface area contributed by atoms with E-state index in [4.69, 9.17) is 20.2 Å². The lowest BCUT2D eigenvalue weighted by molar-refractivity contribution is -0.888. The van der Waals surface area contributed by atoms with Gasteiger partial charge in [0.05, 0.1) is 29.4 Å². The van der Waals surface area contributed by atoms with Crippen LogP contribution in [0.15, 0.2) is 65.0 Å². The molecule has 11 atom stereocenters. The Balaban J connectivity index is 1.01. The fraction of sp³-hybridized carbons (Fsp3) is 0.500. The number of hydrogen-bond donors (Lipinski definition) is 7. The summed E-state index contributed by atoms with van der Waals surface area (Å²) in [6.45, 7) is 3.39. The molecule has 1 spiro atoms. The molecule has 1 fully saturated rings. The molecule has 3 aliphatic carbocycles. The molecule has 10 rings (SSSR count). The molecule has 8 aliphatic rings. The summed E-state index contributed by atoms with van der Waals surface area (Å²) < 4.78 is 13.2. The third-order valence-electron chi connectivity index (χ3n) is 14.5. The zero-order valence-electron chi connectivity index (χ0n) is 33.4. The second-order valence-corrected chi connectivity index (χ2v) is 18.1. The number of allylic oxidation sites excluding steroid dienone is 2. The van der Waals surface area contributed by atoms with Crippen molar-refractivity contribution in [2.24, 2.45) is 33.9 Å². The van der Waals surface area contributed by atoms with Crippen molar-refractivity contribution in [3.63, 3.8) is 0 Å². The molecule has 59 heavy (non-hydrogen) atoms. The number of benzene rings is 2. The summed E-state index contributed by atoms with van der Waals surface area (Å²) in [6, 6.07) is 7.32. The topological polar surface area (TPSA) is 171 Å². The van der Waals surface area contributed by atoms with Crippen LogP contribution in [0.3, 0.4) is 0 Å². The number of nitrogens with two attached hydrogens (primary N) is 1. The molecule has 2 aromatic rings. The molecule has 8 N–H and O–H groups in total. The number of aliphatic imine (C=N–C) groups is 1. The van der Waals surface area contributed by atoms with Crippen LogP contribution in [0.25, 0.3) is 0 Å². The monoisotopic (exact) mass is 797 g/mol. The average molecular weight is 798 g/mol. The van der Waals surface area contributed by atoms with Crippen LogP contribution in [0.5, 0.6) is 17.2 Å². The number of aryl methyl sites for hydroxylation is 1. The minimum atomic E-state index is -1.05. The molecule has 2 bridgehead atoms. The van der Waals surface area contributed by atoms with Gasteiger partial charge >= 0.3 is 0 Å². The highest BCUT2D eigenvalue weighted by Crippen LogP contribution is 2.52. The molecule has 0 radical (unpaired) electrons. The van der Waals surface area contributed by atoms with Crippen molar-refractivity contribution in [3.05, 3.63) is 87.8 Å². The van der Waals surface area contributed by atoms with Crippen LogP contribution >= 0.6 is 0 Å². The van der Waals surface area contributed by atoms with Gasteiger partial charge in [0.15, 0.2) is 11.5 Å². The Morgan fingerprint density at radius 2 is 1.93 bits per heavy atom. The number of ether oxygens (including phenoxy) is 2. The van der Waals surface area contributed by atoms with E-state index in [0.717, 1.165) is 83.5 Å². The molecule has 5 aliphatic heterocycles. The SMILES string of the molecule is C[C@@H]1C=C[C@@H]([C@@H](O)CC(=O)CCc2cc3c(cc2O)OC#CC2(CCCC2)[C@H]2C#C[C@H](O)c4ccc5c6c4[C@@H](CC[C@H]6CN[C@@H]5N)C4=CN=C5C[NH+](C=C45)[C@H]2O3)[C@H](O)C1. The van der Waals surface area contributed by atoms with Gasteiger partial charge in [-0.15, -0.1) is 0 Å². The van der Waals surface area contributed by atoms with Gasteiger partial charge in [0.1, 0.15) is 48.1 Å². The van der Waals surface area contributed by atoms with Crippen molar-refractivity contribution in [3.8, 4) is 41.1 Å². The minimum absolute atomic E-state index is 0.0323. The number of nitrogens with one attached hydrogen (secondary N) is 2. The second kappa shape index (κ2) is 15.1. The number of Topliss-reactive ketones (excluding diaryl/α,β-unsaturated/α-hetero) is 1. The summed E-state index contributed by atoms with van der Waals surface area (Å²) in [5.41, 5.74) is 14.1. The Morgan fingerprint density at radius 3 is 2.76 bits per heavy atom. The highest BCUT2D eigenvalue weighted by molar-refractivity contribution is 6.08. The van der Waals surface area contributed by atoms with Crippen LogP contribution in [0.1, 0.15) is 117 Å². The van der Waals surface area contributed by atoms with E-state index < -0.39 is 41.8 Å². The first kappa shape index (κ1) is 38.5. The van der Waals surface area contributed by atoms with Crippen molar-refractivity contribution >= 4 is 11.5 Å². The summed E-state index contributed by atoms with van der Waals surface area (Å²) in [4.78, 5) is 19.2. The van der Waals surface area contributed by atoms with Crippen LogP contribution in [0.2, 0.25) is 0 Å². The van der Waals surface area contributed by atoms with E-state index in [1.807, 2.05) is 31.3 Å². The third-order valence-corrected chi connectivity index (χ3v) is 14.5. The van der Waals surface area contributed by atoms with Gasteiger partial charge in [-0.05, 0) is 89.8 Å². The maximum atomic E-state index is 13.2. The Labute approximate surface area is 345 Å². The summed E-state index contributed by atoms with van der Waals surface area (Å²) in [5, 5.41) is 48.3. The maximum Gasteiger partial charge on any atom is 0.252 e. The molecule has 0 aromatic heterocycles. The zero-order chi connectivity index (χ0) is 40.6. The highest BCUT2D eigenvalue weighted by atomic mass is 16.5. The van der Waals surface area contributed by atoms with Crippen LogP contribution in [0.4, 0.5) is 0 Å². The first-order chi connectivity index (χ1) is 28.6. The third kappa shape index (κ3) is 6.73. The number of rotatable bonds is 6. The minimum Gasteiger partial charge on any atom is -0.508 e. The second-order valence-electron chi connectivity index (χ2n) is 18.1. The normalized spacial score (nSPS) is 33.4. The number of aliphatic hydroxyl groups excluding tert-OH is 3.